The molecular weight excluding hydrogens is 230 g/mol. The van der Waals surface area contributed by atoms with Crippen LogP contribution in [0.2, 0.25) is 0 Å². The second-order valence-corrected chi connectivity index (χ2v) is 4.85. The highest BCUT2D eigenvalue weighted by atomic mass is 16.6. The minimum absolute atomic E-state index is 0.282. The molecule has 4 nitrogen and oxygen atoms in total. The van der Waals surface area contributed by atoms with Gasteiger partial charge in [0.05, 0.1) is 32.0 Å². The van der Waals surface area contributed by atoms with E-state index in [1.165, 1.54) is 6.42 Å². The summed E-state index contributed by atoms with van der Waals surface area (Å²) in [7, 11) is 0. The lowest BCUT2D eigenvalue weighted by Gasteiger charge is -2.14. The van der Waals surface area contributed by atoms with Crippen LogP contribution >= 0.6 is 0 Å². The third kappa shape index (κ3) is 7.31. The summed E-state index contributed by atoms with van der Waals surface area (Å²) in [5.41, 5.74) is 0. The van der Waals surface area contributed by atoms with Crippen molar-refractivity contribution in [2.75, 3.05) is 39.5 Å². The maximum atomic E-state index is 5.91. The number of hydrogen-bond donors (Lipinski definition) is 1. The monoisotopic (exact) mass is 259 g/mol. The minimum Gasteiger partial charge on any atom is -0.379 e. The molecule has 0 radical (unpaired) electrons. The predicted octanol–water partition coefficient (Wildman–Crippen LogP) is 1.98. The Kier molecular flexibility index (Phi) is 9.48. The van der Waals surface area contributed by atoms with Crippen LogP contribution in [0.4, 0.5) is 0 Å². The van der Waals surface area contributed by atoms with Crippen LogP contribution in [0.15, 0.2) is 0 Å². The van der Waals surface area contributed by atoms with Crippen LogP contribution in [-0.2, 0) is 14.2 Å². The molecule has 0 amide bonds. The summed E-state index contributed by atoms with van der Waals surface area (Å²) in [6.07, 6.45) is 5.17. The molecule has 2 unspecified atom stereocenters. The van der Waals surface area contributed by atoms with Gasteiger partial charge in [-0.1, -0.05) is 13.8 Å². The first-order valence-corrected chi connectivity index (χ1v) is 7.38. The quantitative estimate of drug-likeness (QED) is 0.576. The van der Waals surface area contributed by atoms with E-state index in [1.807, 2.05) is 0 Å². The van der Waals surface area contributed by atoms with Crippen LogP contribution < -0.4 is 5.32 Å². The maximum Gasteiger partial charge on any atom is 0.0813 e. The number of nitrogens with one attached hydrogen (secondary N) is 1. The molecule has 1 saturated heterocycles. The van der Waals surface area contributed by atoms with Gasteiger partial charge in [0.15, 0.2) is 0 Å². The van der Waals surface area contributed by atoms with E-state index in [0.717, 1.165) is 39.0 Å². The van der Waals surface area contributed by atoms with Crippen molar-refractivity contribution in [2.24, 2.45) is 0 Å². The van der Waals surface area contributed by atoms with Crippen molar-refractivity contribution >= 4 is 0 Å². The Morgan fingerprint density at radius 1 is 1.00 bits per heavy atom. The number of ether oxygens (including phenoxy) is 3. The van der Waals surface area contributed by atoms with Crippen molar-refractivity contribution in [3.05, 3.63) is 0 Å². The van der Waals surface area contributed by atoms with Crippen molar-refractivity contribution in [1.82, 2.24) is 5.32 Å². The first kappa shape index (κ1) is 15.9. The van der Waals surface area contributed by atoms with E-state index in [4.69, 9.17) is 14.2 Å². The number of rotatable bonds is 11. The first-order valence-electron chi connectivity index (χ1n) is 7.38. The molecule has 18 heavy (non-hydrogen) atoms. The Labute approximate surface area is 111 Å². The molecule has 1 rings (SSSR count). The van der Waals surface area contributed by atoms with Crippen molar-refractivity contribution < 1.29 is 14.2 Å². The molecular formula is C14H29NO3. The molecule has 0 saturated carbocycles. The van der Waals surface area contributed by atoms with Crippen LogP contribution in [0.3, 0.4) is 0 Å². The molecule has 0 aromatic heterocycles. The predicted molar refractivity (Wildman–Crippen MR) is 73.0 cm³/mol. The van der Waals surface area contributed by atoms with E-state index in [-0.39, 0.29) is 6.10 Å². The van der Waals surface area contributed by atoms with Gasteiger partial charge in [-0.05, 0) is 32.2 Å². The number of hydrogen-bond acceptors (Lipinski definition) is 4. The lowest BCUT2D eigenvalue weighted by atomic mass is 10.2. The third-order valence-electron chi connectivity index (χ3n) is 3.02. The van der Waals surface area contributed by atoms with Gasteiger partial charge >= 0.3 is 0 Å². The van der Waals surface area contributed by atoms with Crippen LogP contribution in [0.5, 0.6) is 0 Å². The Morgan fingerprint density at radius 3 is 2.56 bits per heavy atom. The Hall–Kier alpha value is -0.160. The van der Waals surface area contributed by atoms with Gasteiger partial charge in [-0.25, -0.2) is 0 Å². The Morgan fingerprint density at radius 2 is 1.78 bits per heavy atom. The van der Waals surface area contributed by atoms with Gasteiger partial charge in [0.2, 0.25) is 0 Å². The first-order chi connectivity index (χ1) is 8.86. The second-order valence-electron chi connectivity index (χ2n) is 4.85. The Balaban J connectivity index is 1.91. The average molecular weight is 259 g/mol. The van der Waals surface area contributed by atoms with Crippen LogP contribution in [-0.4, -0.2) is 51.7 Å². The third-order valence-corrected chi connectivity index (χ3v) is 3.02. The molecule has 0 bridgehead atoms. The summed E-state index contributed by atoms with van der Waals surface area (Å²) in [6.45, 7) is 9.26. The van der Waals surface area contributed by atoms with Crippen molar-refractivity contribution in [1.29, 1.82) is 0 Å². The van der Waals surface area contributed by atoms with Gasteiger partial charge in [-0.15, -0.1) is 0 Å². The molecule has 0 aromatic carbocycles. The lowest BCUT2D eigenvalue weighted by molar-refractivity contribution is -0.0283. The normalized spacial score (nSPS) is 23.7. The summed E-state index contributed by atoms with van der Waals surface area (Å²) in [5, 5.41) is 3.40. The van der Waals surface area contributed by atoms with Gasteiger partial charge in [0.1, 0.15) is 0 Å². The van der Waals surface area contributed by atoms with Crippen molar-refractivity contribution in [3.63, 3.8) is 0 Å². The highest BCUT2D eigenvalue weighted by molar-refractivity contribution is 4.75. The zero-order valence-corrected chi connectivity index (χ0v) is 12.0. The summed E-state index contributed by atoms with van der Waals surface area (Å²) in [6, 6.07) is 0. The minimum atomic E-state index is 0.282. The van der Waals surface area contributed by atoms with Gasteiger partial charge in [0.25, 0.3) is 0 Å². The zero-order chi connectivity index (χ0) is 13.1. The summed E-state index contributed by atoms with van der Waals surface area (Å²) >= 11 is 0. The molecule has 1 N–H and O–H groups in total. The lowest BCUT2D eigenvalue weighted by Crippen LogP contribution is -2.28. The second kappa shape index (κ2) is 10.7. The Bertz CT molecular complexity index is 190. The highest BCUT2D eigenvalue weighted by Gasteiger charge is 2.24. The molecule has 1 aliphatic heterocycles. The molecule has 1 fully saturated rings. The summed E-state index contributed by atoms with van der Waals surface area (Å²) in [5.74, 6) is 0. The summed E-state index contributed by atoms with van der Waals surface area (Å²) in [4.78, 5) is 0. The molecule has 1 aliphatic rings. The standard InChI is InChI=1S/C14H29NO3/c1-3-7-15-11-13-5-6-14(18-13)12-17-10-9-16-8-4-2/h13-15H,3-12H2,1-2H3. The fourth-order valence-corrected chi connectivity index (χ4v) is 2.07. The van der Waals surface area contributed by atoms with Gasteiger partial charge in [-0.3, -0.25) is 0 Å². The van der Waals surface area contributed by atoms with E-state index in [2.05, 4.69) is 19.2 Å². The molecule has 1 heterocycles. The summed E-state index contributed by atoms with van der Waals surface area (Å²) < 4.78 is 16.8. The van der Waals surface area contributed by atoms with E-state index in [1.54, 1.807) is 0 Å². The van der Waals surface area contributed by atoms with Gasteiger partial charge in [0, 0.05) is 13.2 Å². The largest absolute Gasteiger partial charge is 0.379 e. The van der Waals surface area contributed by atoms with Gasteiger partial charge < -0.3 is 19.5 Å². The van der Waals surface area contributed by atoms with E-state index >= 15 is 0 Å². The topological polar surface area (TPSA) is 39.7 Å². The highest BCUT2D eigenvalue weighted by Crippen LogP contribution is 2.19. The van der Waals surface area contributed by atoms with E-state index in [9.17, 15) is 0 Å². The van der Waals surface area contributed by atoms with Gasteiger partial charge in [-0.2, -0.15) is 0 Å². The van der Waals surface area contributed by atoms with E-state index in [0.29, 0.717) is 25.9 Å². The SMILES string of the molecule is CCCNCC1CCC(COCCOCCC)O1. The molecule has 0 aliphatic carbocycles. The fraction of sp³-hybridized carbons (Fsp3) is 1.00. The van der Waals surface area contributed by atoms with E-state index < -0.39 is 0 Å². The smallest absolute Gasteiger partial charge is 0.0813 e. The molecule has 0 spiro atoms. The molecule has 2 atom stereocenters. The van der Waals surface area contributed by atoms with Crippen LogP contribution in [0, 0.1) is 0 Å². The molecule has 108 valence electrons. The molecule has 0 aromatic rings. The van der Waals surface area contributed by atoms with Crippen LogP contribution in [0.1, 0.15) is 39.5 Å². The van der Waals surface area contributed by atoms with Crippen LogP contribution in [0.25, 0.3) is 0 Å². The average Bonchev–Trinajstić information content (AvgIpc) is 2.82. The maximum absolute atomic E-state index is 5.91. The zero-order valence-electron chi connectivity index (χ0n) is 12.0. The fourth-order valence-electron chi connectivity index (χ4n) is 2.07. The molecule has 4 heteroatoms. The van der Waals surface area contributed by atoms with Crippen molar-refractivity contribution in [2.45, 2.75) is 51.7 Å². The van der Waals surface area contributed by atoms with Crippen molar-refractivity contribution in [3.8, 4) is 0 Å².